The van der Waals surface area contributed by atoms with Gasteiger partial charge >= 0.3 is 0 Å². The fraction of sp³-hybridized carbons (Fsp3) is 0.200. The highest BCUT2D eigenvalue weighted by atomic mass is 79.9. The Bertz CT molecular complexity index is 602. The van der Waals surface area contributed by atoms with E-state index in [1.165, 1.54) is 13.2 Å². The number of ether oxygens (including phenoxy) is 2. The molecular formula is C15H13BrClFO2. The van der Waals surface area contributed by atoms with Crippen molar-refractivity contribution in [2.75, 3.05) is 14.2 Å². The smallest absolute Gasteiger partial charge is 0.141 e. The van der Waals surface area contributed by atoms with Crippen molar-refractivity contribution < 1.29 is 13.9 Å². The van der Waals surface area contributed by atoms with Crippen LogP contribution in [-0.2, 0) is 0 Å². The molecule has 20 heavy (non-hydrogen) atoms. The lowest BCUT2D eigenvalue weighted by Crippen LogP contribution is -1.99. The summed E-state index contributed by atoms with van der Waals surface area (Å²) in [6, 6.07) is 10.3. The van der Waals surface area contributed by atoms with Crippen molar-refractivity contribution in [3.63, 3.8) is 0 Å². The van der Waals surface area contributed by atoms with E-state index in [1.807, 2.05) is 24.3 Å². The molecule has 2 aromatic carbocycles. The van der Waals surface area contributed by atoms with Gasteiger partial charge in [-0.1, -0.05) is 12.1 Å². The third kappa shape index (κ3) is 3.07. The highest BCUT2D eigenvalue weighted by Gasteiger charge is 2.18. The second-order valence-electron chi connectivity index (χ2n) is 4.14. The van der Waals surface area contributed by atoms with E-state index < -0.39 is 5.38 Å². The molecule has 0 bridgehead atoms. The SMILES string of the molecule is COc1ccc(C(Cl)c2cc(Br)c(F)cc2OC)cc1. The predicted molar refractivity (Wildman–Crippen MR) is 81.3 cm³/mol. The van der Waals surface area contributed by atoms with E-state index in [4.69, 9.17) is 21.1 Å². The topological polar surface area (TPSA) is 18.5 Å². The van der Waals surface area contributed by atoms with E-state index in [2.05, 4.69) is 15.9 Å². The zero-order valence-corrected chi connectivity index (χ0v) is 13.3. The second kappa shape index (κ2) is 6.46. The number of halogens is 3. The molecule has 1 unspecified atom stereocenters. The highest BCUT2D eigenvalue weighted by Crippen LogP contribution is 2.38. The molecule has 0 aromatic heterocycles. The summed E-state index contributed by atoms with van der Waals surface area (Å²) in [4.78, 5) is 0. The monoisotopic (exact) mass is 358 g/mol. The van der Waals surface area contributed by atoms with Crippen LogP contribution in [0.1, 0.15) is 16.5 Å². The minimum Gasteiger partial charge on any atom is -0.497 e. The predicted octanol–water partition coefficient (Wildman–Crippen LogP) is 4.93. The minimum absolute atomic E-state index is 0.354. The van der Waals surface area contributed by atoms with Gasteiger partial charge in [-0.15, -0.1) is 11.6 Å². The van der Waals surface area contributed by atoms with Crippen molar-refractivity contribution in [3.8, 4) is 11.5 Å². The molecule has 5 heteroatoms. The van der Waals surface area contributed by atoms with Crippen LogP contribution in [0.25, 0.3) is 0 Å². The number of alkyl halides is 1. The van der Waals surface area contributed by atoms with Crippen LogP contribution >= 0.6 is 27.5 Å². The van der Waals surface area contributed by atoms with Gasteiger partial charge in [0.05, 0.1) is 24.1 Å². The van der Waals surface area contributed by atoms with Gasteiger partial charge in [-0.2, -0.15) is 0 Å². The van der Waals surface area contributed by atoms with Crippen molar-refractivity contribution in [3.05, 3.63) is 57.8 Å². The summed E-state index contributed by atoms with van der Waals surface area (Å²) in [6.45, 7) is 0. The normalized spacial score (nSPS) is 12.1. The average Bonchev–Trinajstić information content (AvgIpc) is 2.49. The first kappa shape index (κ1) is 15.1. The van der Waals surface area contributed by atoms with Crippen LogP contribution in [0, 0.1) is 5.82 Å². The lowest BCUT2D eigenvalue weighted by atomic mass is 10.0. The first-order chi connectivity index (χ1) is 9.56. The Kier molecular flexibility index (Phi) is 4.89. The Labute approximate surface area is 130 Å². The number of methoxy groups -OCH3 is 2. The van der Waals surface area contributed by atoms with Gasteiger partial charge in [0, 0.05) is 11.6 Å². The van der Waals surface area contributed by atoms with Crippen LogP contribution in [0.4, 0.5) is 4.39 Å². The maximum atomic E-state index is 13.5. The van der Waals surface area contributed by atoms with Gasteiger partial charge in [-0.05, 0) is 39.7 Å². The highest BCUT2D eigenvalue weighted by molar-refractivity contribution is 9.10. The summed E-state index contributed by atoms with van der Waals surface area (Å²) in [5.74, 6) is 0.788. The Morgan fingerprint density at radius 1 is 1.10 bits per heavy atom. The maximum Gasteiger partial charge on any atom is 0.141 e. The number of rotatable bonds is 4. The Balaban J connectivity index is 2.41. The van der Waals surface area contributed by atoms with Gasteiger partial charge in [-0.3, -0.25) is 0 Å². The first-order valence-corrected chi connectivity index (χ1v) is 7.10. The van der Waals surface area contributed by atoms with Crippen LogP contribution in [0.5, 0.6) is 11.5 Å². The Morgan fingerprint density at radius 2 is 1.75 bits per heavy atom. The van der Waals surface area contributed by atoms with Crippen molar-refractivity contribution >= 4 is 27.5 Å². The van der Waals surface area contributed by atoms with Crippen molar-refractivity contribution in [1.82, 2.24) is 0 Å². The summed E-state index contributed by atoms with van der Waals surface area (Å²) in [7, 11) is 3.09. The van der Waals surface area contributed by atoms with E-state index in [9.17, 15) is 4.39 Å². The molecule has 0 saturated carbocycles. The van der Waals surface area contributed by atoms with E-state index in [0.29, 0.717) is 15.8 Å². The second-order valence-corrected chi connectivity index (χ2v) is 5.43. The molecule has 0 aliphatic carbocycles. The van der Waals surface area contributed by atoms with E-state index in [-0.39, 0.29) is 5.82 Å². The van der Waals surface area contributed by atoms with E-state index in [0.717, 1.165) is 11.3 Å². The summed E-state index contributed by atoms with van der Waals surface area (Å²) in [5, 5.41) is -0.437. The molecule has 1 atom stereocenters. The summed E-state index contributed by atoms with van der Waals surface area (Å²) >= 11 is 9.64. The molecule has 0 N–H and O–H groups in total. The molecule has 0 aliphatic heterocycles. The number of hydrogen-bond donors (Lipinski definition) is 0. The summed E-state index contributed by atoms with van der Waals surface area (Å²) < 4.78 is 24.2. The lowest BCUT2D eigenvalue weighted by molar-refractivity contribution is 0.406. The summed E-state index contributed by atoms with van der Waals surface area (Å²) in [6.07, 6.45) is 0. The lowest BCUT2D eigenvalue weighted by Gasteiger charge is -2.15. The van der Waals surface area contributed by atoms with Gasteiger partial charge < -0.3 is 9.47 Å². The zero-order valence-electron chi connectivity index (χ0n) is 11.0. The van der Waals surface area contributed by atoms with Crippen LogP contribution < -0.4 is 9.47 Å². The van der Waals surface area contributed by atoms with Crippen LogP contribution in [0.3, 0.4) is 0 Å². The van der Waals surface area contributed by atoms with Crippen LogP contribution in [0.15, 0.2) is 40.9 Å². The third-order valence-electron chi connectivity index (χ3n) is 2.95. The fourth-order valence-corrected chi connectivity index (χ4v) is 2.55. The van der Waals surface area contributed by atoms with Crippen molar-refractivity contribution in [1.29, 1.82) is 0 Å². The van der Waals surface area contributed by atoms with E-state index >= 15 is 0 Å². The van der Waals surface area contributed by atoms with Gasteiger partial charge in [0.2, 0.25) is 0 Å². The number of hydrogen-bond acceptors (Lipinski definition) is 2. The molecule has 2 aromatic rings. The molecular weight excluding hydrogens is 347 g/mol. The zero-order chi connectivity index (χ0) is 14.7. The van der Waals surface area contributed by atoms with Crippen LogP contribution in [-0.4, -0.2) is 14.2 Å². The quantitative estimate of drug-likeness (QED) is 0.720. The Morgan fingerprint density at radius 3 is 2.30 bits per heavy atom. The fourth-order valence-electron chi connectivity index (χ4n) is 1.87. The molecule has 0 saturated heterocycles. The summed E-state index contributed by atoms with van der Waals surface area (Å²) in [5.41, 5.74) is 1.58. The average molecular weight is 360 g/mol. The van der Waals surface area contributed by atoms with Gasteiger partial charge in [0.25, 0.3) is 0 Å². The largest absolute Gasteiger partial charge is 0.497 e. The molecule has 0 radical (unpaired) electrons. The van der Waals surface area contributed by atoms with Crippen molar-refractivity contribution in [2.45, 2.75) is 5.38 Å². The molecule has 0 amide bonds. The maximum absolute atomic E-state index is 13.5. The standard InChI is InChI=1S/C15H13BrClFO2/c1-19-10-5-3-9(4-6-10)15(17)11-7-12(16)13(18)8-14(11)20-2/h3-8,15H,1-2H3. The van der Waals surface area contributed by atoms with E-state index in [1.54, 1.807) is 13.2 Å². The molecule has 0 heterocycles. The molecule has 0 spiro atoms. The van der Waals surface area contributed by atoms with Gasteiger partial charge in [0.15, 0.2) is 0 Å². The van der Waals surface area contributed by atoms with Gasteiger partial charge in [-0.25, -0.2) is 4.39 Å². The van der Waals surface area contributed by atoms with Gasteiger partial charge in [0.1, 0.15) is 17.3 Å². The molecule has 0 fully saturated rings. The molecule has 2 rings (SSSR count). The van der Waals surface area contributed by atoms with Crippen molar-refractivity contribution in [2.24, 2.45) is 0 Å². The minimum atomic E-state index is -0.437. The third-order valence-corrected chi connectivity index (χ3v) is 4.05. The molecule has 0 aliphatic rings. The number of benzene rings is 2. The Hall–Kier alpha value is -1.26. The molecule has 2 nitrogen and oxygen atoms in total. The first-order valence-electron chi connectivity index (χ1n) is 5.87. The molecule has 106 valence electrons. The van der Waals surface area contributed by atoms with Crippen LogP contribution in [0.2, 0.25) is 0 Å².